The van der Waals surface area contributed by atoms with E-state index in [1.54, 1.807) is 0 Å². The van der Waals surface area contributed by atoms with Gasteiger partial charge in [-0.3, -0.25) is 4.79 Å². The maximum atomic E-state index is 11.5. The minimum atomic E-state index is 0.113. The molecule has 0 aliphatic heterocycles. The number of carbonyl (C=O) groups is 1. The normalized spacial score (nSPS) is 10.5. The maximum Gasteiger partial charge on any atom is 0.221 e. The molecule has 3 heteroatoms. The van der Waals surface area contributed by atoms with Gasteiger partial charge in [0, 0.05) is 25.2 Å². The van der Waals surface area contributed by atoms with Crippen LogP contribution in [0.1, 0.15) is 31.4 Å². The molecule has 0 saturated heterocycles. The molecule has 0 unspecified atom stereocenters. The first kappa shape index (κ1) is 14.6. The minimum Gasteiger partial charge on any atom is -0.384 e. The number of hydrogen-bond acceptors (Lipinski definition) is 2. The summed E-state index contributed by atoms with van der Waals surface area (Å²) in [4.78, 5) is 11.5. The second-order valence-electron chi connectivity index (χ2n) is 5.19. The fourth-order valence-electron chi connectivity index (χ4n) is 1.64. The lowest BCUT2D eigenvalue weighted by Gasteiger charge is -2.11. The zero-order valence-electron chi connectivity index (χ0n) is 11.8. The Morgan fingerprint density at radius 2 is 2.00 bits per heavy atom. The molecule has 3 nitrogen and oxygen atoms in total. The van der Waals surface area contributed by atoms with E-state index < -0.39 is 0 Å². The number of carbonyl (C=O) groups excluding carboxylic acids is 1. The fourth-order valence-corrected chi connectivity index (χ4v) is 1.64. The largest absolute Gasteiger partial charge is 0.384 e. The van der Waals surface area contributed by atoms with Crippen molar-refractivity contribution in [3.63, 3.8) is 0 Å². The number of rotatable bonds is 6. The molecular formula is C15H24N2O. The standard InChI is InChI=1S/C15H24N2O/c1-11(2)10-17-15(18)7-8-16-14-9-12(3)5-6-13(14)4/h5-6,9,11,16H,7-8,10H2,1-4H3,(H,17,18). The molecule has 1 rings (SSSR count). The third kappa shape index (κ3) is 5.21. The van der Waals surface area contributed by atoms with E-state index in [2.05, 4.69) is 56.5 Å². The minimum absolute atomic E-state index is 0.113. The van der Waals surface area contributed by atoms with Crippen LogP contribution in [0, 0.1) is 19.8 Å². The van der Waals surface area contributed by atoms with E-state index in [9.17, 15) is 4.79 Å². The van der Waals surface area contributed by atoms with E-state index >= 15 is 0 Å². The summed E-state index contributed by atoms with van der Waals surface area (Å²) in [5.41, 5.74) is 3.56. The lowest BCUT2D eigenvalue weighted by Crippen LogP contribution is -2.28. The maximum absolute atomic E-state index is 11.5. The number of anilines is 1. The number of benzene rings is 1. The van der Waals surface area contributed by atoms with Gasteiger partial charge in [0.2, 0.25) is 5.91 Å². The van der Waals surface area contributed by atoms with Crippen LogP contribution in [0.5, 0.6) is 0 Å². The second kappa shape index (κ2) is 7.04. The predicted octanol–water partition coefficient (Wildman–Crippen LogP) is 2.88. The zero-order chi connectivity index (χ0) is 13.5. The third-order valence-corrected chi connectivity index (χ3v) is 2.77. The Hall–Kier alpha value is -1.51. The summed E-state index contributed by atoms with van der Waals surface area (Å²) in [5, 5.41) is 6.23. The highest BCUT2D eigenvalue weighted by atomic mass is 16.1. The van der Waals surface area contributed by atoms with Crippen molar-refractivity contribution in [1.82, 2.24) is 5.32 Å². The van der Waals surface area contributed by atoms with Crippen LogP contribution in [0.3, 0.4) is 0 Å². The first-order valence-electron chi connectivity index (χ1n) is 6.57. The highest BCUT2D eigenvalue weighted by Crippen LogP contribution is 2.15. The summed E-state index contributed by atoms with van der Waals surface area (Å²) >= 11 is 0. The molecule has 0 aliphatic rings. The molecule has 100 valence electrons. The van der Waals surface area contributed by atoms with Crippen LogP contribution in [0.2, 0.25) is 0 Å². The van der Waals surface area contributed by atoms with Crippen molar-refractivity contribution >= 4 is 11.6 Å². The van der Waals surface area contributed by atoms with Crippen LogP contribution in [0.4, 0.5) is 5.69 Å². The van der Waals surface area contributed by atoms with Gasteiger partial charge in [0.1, 0.15) is 0 Å². The van der Waals surface area contributed by atoms with Gasteiger partial charge in [-0.05, 0) is 37.0 Å². The van der Waals surface area contributed by atoms with Gasteiger partial charge in [-0.25, -0.2) is 0 Å². The molecule has 0 bridgehead atoms. The molecule has 1 amide bonds. The summed E-state index contributed by atoms with van der Waals surface area (Å²) in [6.07, 6.45) is 0.514. The molecule has 1 aromatic carbocycles. The molecule has 0 aromatic heterocycles. The summed E-state index contributed by atoms with van der Waals surface area (Å²) in [6.45, 7) is 9.75. The number of hydrogen-bond donors (Lipinski definition) is 2. The average Bonchev–Trinajstić information content (AvgIpc) is 2.31. The Balaban J connectivity index is 2.33. The van der Waals surface area contributed by atoms with Crippen molar-refractivity contribution in [3.8, 4) is 0 Å². The van der Waals surface area contributed by atoms with E-state index in [1.165, 1.54) is 11.1 Å². The molecule has 0 fully saturated rings. The van der Waals surface area contributed by atoms with Crippen molar-refractivity contribution in [1.29, 1.82) is 0 Å². The number of amides is 1. The Morgan fingerprint density at radius 3 is 2.67 bits per heavy atom. The van der Waals surface area contributed by atoms with Gasteiger partial charge in [-0.1, -0.05) is 26.0 Å². The SMILES string of the molecule is Cc1ccc(C)c(NCCC(=O)NCC(C)C)c1. The van der Waals surface area contributed by atoms with Crippen molar-refractivity contribution in [3.05, 3.63) is 29.3 Å². The summed E-state index contributed by atoms with van der Waals surface area (Å²) in [5.74, 6) is 0.613. The van der Waals surface area contributed by atoms with E-state index in [0.29, 0.717) is 18.9 Å². The Bertz CT molecular complexity index is 399. The zero-order valence-corrected chi connectivity index (χ0v) is 11.8. The van der Waals surface area contributed by atoms with E-state index in [0.717, 1.165) is 12.2 Å². The van der Waals surface area contributed by atoms with Crippen LogP contribution in [0.15, 0.2) is 18.2 Å². The Kier molecular flexibility index (Phi) is 5.69. The first-order valence-corrected chi connectivity index (χ1v) is 6.57. The Morgan fingerprint density at radius 1 is 1.28 bits per heavy atom. The quantitative estimate of drug-likeness (QED) is 0.812. The van der Waals surface area contributed by atoms with Gasteiger partial charge in [-0.15, -0.1) is 0 Å². The van der Waals surface area contributed by atoms with Gasteiger partial charge in [0.05, 0.1) is 0 Å². The number of aryl methyl sites for hydroxylation is 2. The topological polar surface area (TPSA) is 41.1 Å². The smallest absolute Gasteiger partial charge is 0.221 e. The molecule has 0 atom stereocenters. The van der Waals surface area contributed by atoms with Gasteiger partial charge >= 0.3 is 0 Å². The van der Waals surface area contributed by atoms with E-state index in [1.807, 2.05) is 0 Å². The van der Waals surface area contributed by atoms with Gasteiger partial charge in [0.25, 0.3) is 0 Å². The van der Waals surface area contributed by atoms with Crippen molar-refractivity contribution < 1.29 is 4.79 Å². The van der Waals surface area contributed by atoms with E-state index in [-0.39, 0.29) is 5.91 Å². The molecule has 0 aliphatic carbocycles. The second-order valence-corrected chi connectivity index (χ2v) is 5.19. The van der Waals surface area contributed by atoms with E-state index in [4.69, 9.17) is 0 Å². The molecule has 0 heterocycles. The molecule has 0 spiro atoms. The average molecular weight is 248 g/mol. The molecule has 0 radical (unpaired) electrons. The van der Waals surface area contributed by atoms with Crippen molar-refractivity contribution in [2.45, 2.75) is 34.1 Å². The van der Waals surface area contributed by atoms with Crippen LogP contribution >= 0.6 is 0 Å². The highest BCUT2D eigenvalue weighted by Gasteiger charge is 2.03. The predicted molar refractivity (Wildman–Crippen MR) is 76.9 cm³/mol. The molecule has 1 aromatic rings. The van der Waals surface area contributed by atoms with Crippen LogP contribution in [0.25, 0.3) is 0 Å². The molecule has 18 heavy (non-hydrogen) atoms. The van der Waals surface area contributed by atoms with Crippen LogP contribution in [-0.4, -0.2) is 19.0 Å². The summed E-state index contributed by atoms with van der Waals surface area (Å²) < 4.78 is 0. The van der Waals surface area contributed by atoms with Gasteiger partial charge in [0.15, 0.2) is 0 Å². The molecule has 2 N–H and O–H groups in total. The van der Waals surface area contributed by atoms with Gasteiger partial charge < -0.3 is 10.6 Å². The highest BCUT2D eigenvalue weighted by molar-refractivity contribution is 5.76. The summed E-state index contributed by atoms with van der Waals surface area (Å²) in [6, 6.07) is 6.30. The summed E-state index contributed by atoms with van der Waals surface area (Å²) in [7, 11) is 0. The van der Waals surface area contributed by atoms with Crippen molar-refractivity contribution in [2.75, 3.05) is 18.4 Å². The fraction of sp³-hybridized carbons (Fsp3) is 0.533. The molecule has 0 saturated carbocycles. The number of nitrogens with one attached hydrogen (secondary N) is 2. The van der Waals surface area contributed by atoms with Crippen molar-refractivity contribution in [2.24, 2.45) is 5.92 Å². The van der Waals surface area contributed by atoms with Crippen LogP contribution in [-0.2, 0) is 4.79 Å². The molecular weight excluding hydrogens is 224 g/mol. The third-order valence-electron chi connectivity index (χ3n) is 2.77. The first-order chi connectivity index (χ1) is 8.49. The Labute approximate surface area is 110 Å². The lowest BCUT2D eigenvalue weighted by atomic mass is 10.1. The monoisotopic (exact) mass is 248 g/mol. The van der Waals surface area contributed by atoms with Crippen LogP contribution < -0.4 is 10.6 Å². The van der Waals surface area contributed by atoms with Gasteiger partial charge in [-0.2, -0.15) is 0 Å². The lowest BCUT2D eigenvalue weighted by molar-refractivity contribution is -0.120.